The van der Waals surface area contributed by atoms with Gasteiger partial charge in [-0.25, -0.2) is 19.6 Å². The van der Waals surface area contributed by atoms with Gasteiger partial charge in [0.15, 0.2) is 5.65 Å². The predicted molar refractivity (Wildman–Crippen MR) is 81.3 cm³/mol. The molecule has 2 N–H and O–H groups in total. The molecule has 0 bridgehead atoms. The molecule has 0 aliphatic carbocycles. The largest absolute Gasteiger partial charge is 0.508 e. The number of anilines is 1. The fourth-order valence-electron chi connectivity index (χ4n) is 1.73. The van der Waals surface area contributed by atoms with Crippen LogP contribution in [0.1, 0.15) is 0 Å². The van der Waals surface area contributed by atoms with E-state index in [-0.39, 0.29) is 25.9 Å². The number of aromatic nitrogens is 4. The maximum atomic E-state index is 11.1. The maximum Gasteiger partial charge on any atom is 0.508 e. The van der Waals surface area contributed by atoms with Crippen LogP contribution >= 0.6 is 0 Å². The summed E-state index contributed by atoms with van der Waals surface area (Å²) in [6.45, 7) is -0.409. The first-order valence-corrected chi connectivity index (χ1v) is 7.00. The summed E-state index contributed by atoms with van der Waals surface area (Å²) >= 11 is 0. The molecule has 2 heterocycles. The van der Waals surface area contributed by atoms with E-state index in [4.69, 9.17) is 19.9 Å². The van der Waals surface area contributed by atoms with Gasteiger partial charge in [-0.15, -0.1) is 0 Å². The van der Waals surface area contributed by atoms with E-state index < -0.39 is 18.4 Å². The van der Waals surface area contributed by atoms with Crippen molar-refractivity contribution in [3.63, 3.8) is 0 Å². The summed E-state index contributed by atoms with van der Waals surface area (Å²) in [4.78, 5) is 34.2. The van der Waals surface area contributed by atoms with E-state index in [0.29, 0.717) is 11.2 Å². The molecule has 2 aromatic heterocycles. The molecule has 0 saturated carbocycles. The topological polar surface area (TPSA) is 150 Å². The lowest BCUT2D eigenvalue weighted by atomic mass is 10.4. The van der Waals surface area contributed by atoms with Crippen molar-refractivity contribution < 1.29 is 33.3 Å². The van der Waals surface area contributed by atoms with Gasteiger partial charge < -0.3 is 29.4 Å². The molecular formula is C13H17N5O7. The molecule has 0 atom stereocenters. The van der Waals surface area contributed by atoms with Crippen molar-refractivity contribution in [2.45, 2.75) is 12.8 Å². The van der Waals surface area contributed by atoms with Gasteiger partial charge in [-0.1, -0.05) is 0 Å². The number of nitrogens with zero attached hydrogens (tertiary/aromatic N) is 4. The quantitative estimate of drug-likeness (QED) is 0.684. The Morgan fingerprint density at radius 3 is 2.40 bits per heavy atom. The van der Waals surface area contributed by atoms with Crippen LogP contribution in [0.5, 0.6) is 0 Å². The van der Waals surface area contributed by atoms with Gasteiger partial charge in [0.05, 0.1) is 26.7 Å². The van der Waals surface area contributed by atoms with Gasteiger partial charge in [0.25, 0.3) is 0 Å². The van der Waals surface area contributed by atoms with Gasteiger partial charge in [-0.2, -0.15) is 4.98 Å². The number of carbonyl (C=O) groups excluding carboxylic acids is 2. The number of nitrogen functional groups attached to an aromatic ring is 1. The molecule has 0 spiro atoms. The SMILES string of the molecule is COC(=O)OCC(COC(=O)OC)OCn1cnc2cnc(N)nc21. The first-order valence-electron chi connectivity index (χ1n) is 7.00. The highest BCUT2D eigenvalue weighted by atomic mass is 16.7. The maximum absolute atomic E-state index is 11.1. The summed E-state index contributed by atoms with van der Waals surface area (Å²) in [5.41, 5.74) is 6.55. The van der Waals surface area contributed by atoms with Crippen LogP contribution in [-0.2, 0) is 30.4 Å². The Balaban J connectivity index is 1.99. The van der Waals surface area contributed by atoms with E-state index in [9.17, 15) is 9.59 Å². The highest BCUT2D eigenvalue weighted by molar-refractivity contribution is 5.70. The van der Waals surface area contributed by atoms with Crippen LogP contribution in [0.25, 0.3) is 11.2 Å². The normalized spacial score (nSPS) is 10.7. The number of fused-ring (bicyclic) bond motifs is 1. The minimum atomic E-state index is -0.889. The molecular weight excluding hydrogens is 338 g/mol. The van der Waals surface area contributed by atoms with Crippen LogP contribution in [0.15, 0.2) is 12.5 Å². The second kappa shape index (κ2) is 8.63. The van der Waals surface area contributed by atoms with Crippen LogP contribution in [0.3, 0.4) is 0 Å². The molecule has 0 radical (unpaired) electrons. The van der Waals surface area contributed by atoms with E-state index in [1.807, 2.05) is 0 Å². The van der Waals surface area contributed by atoms with E-state index in [1.165, 1.54) is 26.7 Å². The Labute approximate surface area is 141 Å². The zero-order valence-electron chi connectivity index (χ0n) is 13.6. The first kappa shape index (κ1) is 18.2. The number of nitrogens with two attached hydrogens (primary N) is 1. The smallest absolute Gasteiger partial charge is 0.438 e. The first-order chi connectivity index (χ1) is 12.0. The van der Waals surface area contributed by atoms with E-state index in [1.54, 1.807) is 4.57 Å². The zero-order valence-corrected chi connectivity index (χ0v) is 13.6. The molecule has 0 aliphatic rings. The van der Waals surface area contributed by atoms with Crippen molar-refractivity contribution in [1.29, 1.82) is 0 Å². The molecule has 2 rings (SSSR count). The second-order valence-corrected chi connectivity index (χ2v) is 4.60. The third-order valence-electron chi connectivity index (χ3n) is 2.93. The molecule has 25 heavy (non-hydrogen) atoms. The minimum Gasteiger partial charge on any atom is -0.438 e. The lowest BCUT2D eigenvalue weighted by Gasteiger charge is -2.17. The molecule has 12 heteroatoms. The van der Waals surface area contributed by atoms with Crippen molar-refractivity contribution in [3.8, 4) is 0 Å². The van der Waals surface area contributed by atoms with Crippen molar-refractivity contribution in [1.82, 2.24) is 19.5 Å². The Bertz CT molecular complexity index is 715. The second-order valence-electron chi connectivity index (χ2n) is 4.60. The number of imidazole rings is 1. The van der Waals surface area contributed by atoms with E-state index in [2.05, 4.69) is 24.4 Å². The minimum absolute atomic E-state index is 0.00726. The lowest BCUT2D eigenvalue weighted by Crippen LogP contribution is -2.29. The van der Waals surface area contributed by atoms with Gasteiger partial charge in [0, 0.05) is 0 Å². The van der Waals surface area contributed by atoms with Crippen molar-refractivity contribution in [2.24, 2.45) is 0 Å². The Morgan fingerprint density at radius 2 is 1.80 bits per heavy atom. The van der Waals surface area contributed by atoms with E-state index in [0.717, 1.165) is 0 Å². The standard InChI is InChI=1S/C13H17N5O7/c1-21-12(19)23-4-8(5-24-13(20)22-2)25-7-18-6-16-9-3-15-11(14)17-10(9)18/h3,6,8H,4-5,7H2,1-2H3,(H2,14,15,17). The monoisotopic (exact) mass is 355 g/mol. The molecule has 0 aromatic carbocycles. The fourth-order valence-corrected chi connectivity index (χ4v) is 1.73. The molecule has 2 aromatic rings. The molecule has 12 nitrogen and oxygen atoms in total. The number of methoxy groups -OCH3 is 2. The number of hydrogen-bond acceptors (Lipinski definition) is 11. The van der Waals surface area contributed by atoms with Crippen molar-refractivity contribution in [2.75, 3.05) is 33.2 Å². The van der Waals surface area contributed by atoms with Crippen molar-refractivity contribution in [3.05, 3.63) is 12.5 Å². The third kappa shape index (κ3) is 5.17. The molecule has 0 saturated heterocycles. The number of carbonyl (C=O) groups is 2. The Hall–Kier alpha value is -3.15. The van der Waals surface area contributed by atoms with Crippen LogP contribution in [0.2, 0.25) is 0 Å². The summed E-state index contributed by atoms with van der Waals surface area (Å²) in [5, 5.41) is 0. The molecule has 136 valence electrons. The molecule has 0 fully saturated rings. The highest BCUT2D eigenvalue weighted by Gasteiger charge is 2.17. The Morgan fingerprint density at radius 1 is 1.16 bits per heavy atom. The van der Waals surface area contributed by atoms with Gasteiger partial charge in [-0.3, -0.25) is 4.57 Å². The van der Waals surface area contributed by atoms with E-state index >= 15 is 0 Å². The van der Waals surface area contributed by atoms with Crippen LogP contribution in [0, 0.1) is 0 Å². The molecule has 0 aliphatic heterocycles. The van der Waals surface area contributed by atoms with Crippen molar-refractivity contribution >= 4 is 29.4 Å². The zero-order chi connectivity index (χ0) is 18.2. The summed E-state index contributed by atoms with van der Waals surface area (Å²) in [5.74, 6) is 0.0915. The summed E-state index contributed by atoms with van der Waals surface area (Å²) in [6.07, 6.45) is 0.417. The number of ether oxygens (including phenoxy) is 5. The van der Waals surface area contributed by atoms with Gasteiger partial charge in [-0.05, 0) is 0 Å². The summed E-state index contributed by atoms with van der Waals surface area (Å²) in [7, 11) is 2.34. The summed E-state index contributed by atoms with van der Waals surface area (Å²) in [6, 6.07) is 0. The van der Waals surface area contributed by atoms with Gasteiger partial charge >= 0.3 is 12.3 Å². The lowest BCUT2D eigenvalue weighted by molar-refractivity contribution is -0.0681. The van der Waals surface area contributed by atoms with Gasteiger partial charge in [0.2, 0.25) is 5.95 Å². The number of rotatable bonds is 7. The van der Waals surface area contributed by atoms with Crippen LogP contribution in [0.4, 0.5) is 15.5 Å². The predicted octanol–water partition coefficient (Wildman–Crippen LogP) is 0.317. The Kier molecular flexibility index (Phi) is 6.28. The molecule has 0 unspecified atom stereocenters. The third-order valence-corrected chi connectivity index (χ3v) is 2.93. The average Bonchev–Trinajstić information content (AvgIpc) is 3.02. The van der Waals surface area contributed by atoms with Gasteiger partial charge in [0.1, 0.15) is 31.6 Å². The van der Waals surface area contributed by atoms with Crippen LogP contribution < -0.4 is 5.73 Å². The molecule has 0 amide bonds. The number of hydrogen-bond donors (Lipinski definition) is 1. The fraction of sp³-hybridized carbons (Fsp3) is 0.462. The average molecular weight is 355 g/mol. The highest BCUT2D eigenvalue weighted by Crippen LogP contribution is 2.11. The van der Waals surface area contributed by atoms with Crippen LogP contribution in [-0.4, -0.2) is 65.4 Å². The summed E-state index contributed by atoms with van der Waals surface area (Å²) < 4.78 is 25.5.